The van der Waals surface area contributed by atoms with Crippen molar-refractivity contribution in [2.45, 2.75) is 63.5 Å². The number of aliphatic hydroxyl groups excluding tert-OH is 1. The minimum absolute atomic E-state index is 0.197. The number of aryl methyl sites for hydroxylation is 1. The number of benzene rings is 1. The summed E-state index contributed by atoms with van der Waals surface area (Å²) in [5.41, 5.74) is 4.71. The smallest absolute Gasteiger partial charge is 0.251 e. The van der Waals surface area contributed by atoms with Crippen LogP contribution in [0, 0.1) is 12.3 Å². The third-order valence-corrected chi connectivity index (χ3v) is 10.6. The van der Waals surface area contributed by atoms with Crippen LogP contribution in [0.3, 0.4) is 0 Å². The molecule has 3 aromatic rings. The van der Waals surface area contributed by atoms with Gasteiger partial charge in [-0.05, 0) is 69.2 Å². The Morgan fingerprint density at radius 3 is 2.33 bits per heavy atom. The van der Waals surface area contributed by atoms with Crippen LogP contribution in [0.4, 0.5) is 26.1 Å². The van der Waals surface area contributed by atoms with Gasteiger partial charge in [0.25, 0.3) is 5.92 Å². The zero-order valence-corrected chi connectivity index (χ0v) is 24.7. The molecule has 0 amide bonds. The number of hydrogen-bond acceptors (Lipinski definition) is 8. The lowest BCUT2D eigenvalue weighted by molar-refractivity contribution is -0.0222. The van der Waals surface area contributed by atoms with Crippen molar-refractivity contribution in [3.05, 3.63) is 42.4 Å². The third-order valence-electron chi connectivity index (χ3n) is 8.89. The quantitative estimate of drug-likeness (QED) is 0.391. The average molecular weight is 602 g/mol. The minimum atomic E-state index is -3.75. The van der Waals surface area contributed by atoms with Gasteiger partial charge in [0.2, 0.25) is 16.0 Å². The van der Waals surface area contributed by atoms with Crippen molar-refractivity contribution in [3.63, 3.8) is 0 Å². The van der Waals surface area contributed by atoms with Crippen LogP contribution in [0.5, 0.6) is 0 Å². The molecule has 0 radical (unpaired) electrons. The Balaban J connectivity index is 1.31. The van der Waals surface area contributed by atoms with Gasteiger partial charge in [0.05, 0.1) is 35.6 Å². The lowest BCUT2D eigenvalue weighted by atomic mass is 9.93. The second-order valence-corrected chi connectivity index (χ2v) is 14.1. The fourth-order valence-corrected chi connectivity index (χ4v) is 6.61. The number of anilines is 3. The van der Waals surface area contributed by atoms with E-state index in [1.807, 2.05) is 31.3 Å². The highest BCUT2D eigenvalue weighted by Gasteiger charge is 2.44. The zero-order valence-electron chi connectivity index (χ0n) is 23.9. The third kappa shape index (κ3) is 5.94. The van der Waals surface area contributed by atoms with Gasteiger partial charge in [0, 0.05) is 56.5 Å². The fraction of sp³-hybridized carbons (Fsp3) is 0.552. The Hall–Kier alpha value is -3.32. The standard InChI is InChI=1S/C29H37F2N7O3S/c1-20-15-24(34-27(33-20)37-13-9-29(30,31)10-14-37)22-17-32-38(18-22)25-4-3-23(35-42(40,41)21(2)19-39)16-26(25)36-11-7-28(5-6-28)8-12-36/h3-4,15-18,21,35,39H,5-14,19H2,1-2H3. The second-order valence-electron chi connectivity index (χ2n) is 12.0. The summed E-state index contributed by atoms with van der Waals surface area (Å²) in [5.74, 6) is -2.22. The normalized spacial score (nSPS) is 20.5. The maximum atomic E-state index is 13.7. The van der Waals surface area contributed by atoms with Gasteiger partial charge in [-0.25, -0.2) is 31.8 Å². The SMILES string of the molecule is Cc1cc(-c2cnn(-c3ccc(NS(=O)(=O)C(C)CO)cc3N3CCC4(CC3)CC4)c2)nc(N2CCC(F)(F)CC2)n1. The molecule has 3 aliphatic rings. The molecule has 13 heteroatoms. The second kappa shape index (κ2) is 10.7. The van der Waals surface area contributed by atoms with Crippen molar-refractivity contribution >= 4 is 27.3 Å². The van der Waals surface area contributed by atoms with Crippen molar-refractivity contribution in [1.29, 1.82) is 0 Å². The van der Waals surface area contributed by atoms with Gasteiger partial charge in [-0.2, -0.15) is 5.10 Å². The molecule has 3 fully saturated rings. The highest BCUT2D eigenvalue weighted by Crippen LogP contribution is 2.54. The number of halogens is 2. The van der Waals surface area contributed by atoms with E-state index >= 15 is 0 Å². The van der Waals surface area contributed by atoms with Crippen LogP contribution < -0.4 is 14.5 Å². The molecule has 0 bridgehead atoms. The lowest BCUT2D eigenvalue weighted by Gasteiger charge is -2.35. The van der Waals surface area contributed by atoms with E-state index in [0.717, 1.165) is 48.6 Å². The first-order valence-electron chi connectivity index (χ1n) is 14.5. The fourth-order valence-electron chi connectivity index (χ4n) is 5.76. The number of sulfonamides is 1. The average Bonchev–Trinajstić information content (AvgIpc) is 3.52. The van der Waals surface area contributed by atoms with Crippen molar-refractivity contribution in [3.8, 4) is 16.9 Å². The predicted molar refractivity (Wildman–Crippen MR) is 158 cm³/mol. The van der Waals surface area contributed by atoms with Crippen LogP contribution >= 0.6 is 0 Å². The van der Waals surface area contributed by atoms with E-state index in [0.29, 0.717) is 22.7 Å². The van der Waals surface area contributed by atoms with Gasteiger partial charge in [-0.3, -0.25) is 4.72 Å². The van der Waals surface area contributed by atoms with Crippen LogP contribution in [0.2, 0.25) is 0 Å². The summed E-state index contributed by atoms with van der Waals surface area (Å²) in [5, 5.41) is 13.1. The Bertz CT molecular complexity index is 1550. The number of nitrogens with one attached hydrogen (secondary N) is 1. The molecular weight excluding hydrogens is 564 g/mol. The van der Waals surface area contributed by atoms with E-state index in [9.17, 15) is 22.3 Å². The molecule has 1 unspecified atom stereocenters. The molecule has 1 atom stereocenters. The van der Waals surface area contributed by atoms with Crippen molar-refractivity contribution < 1.29 is 22.3 Å². The van der Waals surface area contributed by atoms with Crippen molar-refractivity contribution in [1.82, 2.24) is 19.7 Å². The number of piperidine rings is 2. The van der Waals surface area contributed by atoms with Crippen molar-refractivity contribution in [2.75, 3.05) is 47.3 Å². The van der Waals surface area contributed by atoms with Crippen LogP contribution in [-0.2, 0) is 10.0 Å². The number of aromatic nitrogens is 4. The summed E-state index contributed by atoms with van der Waals surface area (Å²) in [6.45, 7) is 4.98. The maximum absolute atomic E-state index is 13.7. The molecule has 1 saturated carbocycles. The van der Waals surface area contributed by atoms with E-state index in [1.165, 1.54) is 19.8 Å². The van der Waals surface area contributed by atoms with E-state index < -0.39 is 27.8 Å². The molecule has 1 spiro atoms. The van der Waals surface area contributed by atoms with E-state index in [4.69, 9.17) is 4.98 Å². The Morgan fingerprint density at radius 1 is 0.976 bits per heavy atom. The molecule has 10 nitrogen and oxygen atoms in total. The Labute approximate surface area is 244 Å². The van der Waals surface area contributed by atoms with Crippen LogP contribution in [0.1, 0.15) is 51.1 Å². The highest BCUT2D eigenvalue weighted by molar-refractivity contribution is 7.93. The maximum Gasteiger partial charge on any atom is 0.251 e. The number of nitrogens with zero attached hydrogens (tertiary/aromatic N) is 6. The number of rotatable bonds is 8. The predicted octanol–water partition coefficient (Wildman–Crippen LogP) is 4.38. The lowest BCUT2D eigenvalue weighted by Crippen LogP contribution is -2.40. The van der Waals surface area contributed by atoms with Crippen LogP contribution in [-0.4, -0.2) is 77.2 Å². The summed E-state index contributed by atoms with van der Waals surface area (Å²) in [6, 6.07) is 7.24. The van der Waals surface area contributed by atoms with Gasteiger partial charge in [0.15, 0.2) is 0 Å². The van der Waals surface area contributed by atoms with E-state index in [1.54, 1.807) is 21.8 Å². The first-order valence-corrected chi connectivity index (χ1v) is 16.1. The molecule has 2 aromatic heterocycles. The first kappa shape index (κ1) is 28.8. The summed E-state index contributed by atoms with van der Waals surface area (Å²) in [4.78, 5) is 13.3. The molecular formula is C29H37F2N7O3S. The minimum Gasteiger partial charge on any atom is -0.395 e. The summed E-state index contributed by atoms with van der Waals surface area (Å²) >= 11 is 0. The van der Waals surface area contributed by atoms with Crippen LogP contribution in [0.15, 0.2) is 36.7 Å². The molecule has 1 aromatic carbocycles. The van der Waals surface area contributed by atoms with Crippen LogP contribution in [0.25, 0.3) is 16.9 Å². The molecule has 2 aliphatic heterocycles. The molecule has 226 valence electrons. The van der Waals surface area contributed by atoms with Gasteiger partial charge in [-0.1, -0.05) is 0 Å². The summed E-state index contributed by atoms with van der Waals surface area (Å²) in [7, 11) is -3.75. The topological polar surface area (TPSA) is 116 Å². The van der Waals surface area contributed by atoms with Gasteiger partial charge in [-0.15, -0.1) is 0 Å². The van der Waals surface area contributed by atoms with E-state index in [-0.39, 0.29) is 25.9 Å². The molecule has 42 heavy (non-hydrogen) atoms. The molecule has 4 heterocycles. The van der Waals surface area contributed by atoms with Gasteiger partial charge in [0.1, 0.15) is 5.25 Å². The van der Waals surface area contributed by atoms with Gasteiger partial charge < -0.3 is 14.9 Å². The summed E-state index contributed by atoms with van der Waals surface area (Å²) in [6.07, 6.45) is 7.89. The Kier molecular flexibility index (Phi) is 7.37. The van der Waals surface area contributed by atoms with Crippen molar-refractivity contribution in [2.24, 2.45) is 5.41 Å². The van der Waals surface area contributed by atoms with E-state index in [2.05, 4.69) is 19.7 Å². The highest BCUT2D eigenvalue weighted by atomic mass is 32.2. The number of aliphatic hydroxyl groups is 1. The number of alkyl halides is 2. The zero-order chi connectivity index (χ0) is 29.7. The first-order chi connectivity index (χ1) is 20.0. The largest absolute Gasteiger partial charge is 0.395 e. The molecule has 2 N–H and O–H groups in total. The molecule has 1 aliphatic carbocycles. The van der Waals surface area contributed by atoms with Gasteiger partial charge >= 0.3 is 0 Å². The monoisotopic (exact) mass is 601 g/mol. The number of hydrogen-bond donors (Lipinski definition) is 2. The molecule has 6 rings (SSSR count). The molecule has 2 saturated heterocycles. The Morgan fingerprint density at radius 2 is 1.67 bits per heavy atom. The summed E-state index contributed by atoms with van der Waals surface area (Å²) < 4.78 is 57.2.